The summed E-state index contributed by atoms with van der Waals surface area (Å²) >= 11 is 0. The highest BCUT2D eigenvalue weighted by Gasteiger charge is 2.51. The van der Waals surface area contributed by atoms with Crippen LogP contribution < -0.4 is 10.6 Å². The van der Waals surface area contributed by atoms with Gasteiger partial charge in [0.2, 0.25) is 0 Å². The molecule has 1 fully saturated rings. The number of primary sulfonamides is 1. The van der Waals surface area contributed by atoms with E-state index in [1.807, 2.05) is 27.7 Å². The van der Waals surface area contributed by atoms with Gasteiger partial charge in [-0.3, -0.25) is 0 Å². The molecule has 0 amide bonds. The van der Waals surface area contributed by atoms with E-state index in [1.54, 1.807) is 6.07 Å². The summed E-state index contributed by atoms with van der Waals surface area (Å²) in [4.78, 5) is 3.82. The minimum Gasteiger partial charge on any atom is -0.399 e. The Morgan fingerprint density at radius 1 is 1.16 bits per heavy atom. The topological polar surface area (TPSA) is 91.5 Å². The van der Waals surface area contributed by atoms with Crippen molar-refractivity contribution in [1.29, 1.82) is 0 Å². The lowest BCUT2D eigenvalue weighted by atomic mass is 9.80. The van der Waals surface area contributed by atoms with Crippen molar-refractivity contribution in [2.24, 2.45) is 5.14 Å². The van der Waals surface area contributed by atoms with Crippen molar-refractivity contribution in [1.82, 2.24) is 4.98 Å². The van der Waals surface area contributed by atoms with Crippen LogP contribution in [0.3, 0.4) is 0 Å². The molecule has 0 aromatic carbocycles. The molecule has 1 saturated heterocycles. The van der Waals surface area contributed by atoms with Crippen LogP contribution in [0.25, 0.3) is 0 Å². The number of hydrogen-bond donors (Lipinski definition) is 1. The normalized spacial score (nSPS) is 21.6. The summed E-state index contributed by atoms with van der Waals surface area (Å²) in [6.45, 7) is 7.77. The highest BCUT2D eigenvalue weighted by atomic mass is 32.2. The van der Waals surface area contributed by atoms with Gasteiger partial charge in [0.15, 0.2) is 5.03 Å². The summed E-state index contributed by atoms with van der Waals surface area (Å²) in [5, 5.41) is 4.82. The number of nitrogens with two attached hydrogens (primary N) is 1. The van der Waals surface area contributed by atoms with Crippen molar-refractivity contribution in [3.05, 3.63) is 18.3 Å². The zero-order valence-corrected chi connectivity index (χ0v) is 12.2. The second-order valence-corrected chi connectivity index (χ2v) is 7.07. The van der Waals surface area contributed by atoms with Gasteiger partial charge < -0.3 is 9.31 Å². The fraction of sp³-hybridized carbons (Fsp3) is 0.545. The summed E-state index contributed by atoms with van der Waals surface area (Å²) < 4.78 is 33.9. The Morgan fingerprint density at radius 3 is 2.05 bits per heavy atom. The van der Waals surface area contributed by atoms with Crippen molar-refractivity contribution in [2.45, 2.75) is 43.9 Å². The number of pyridine rings is 1. The molecule has 0 atom stereocenters. The maximum atomic E-state index is 11.1. The Balaban J connectivity index is 2.26. The lowest BCUT2D eigenvalue weighted by Gasteiger charge is -2.32. The summed E-state index contributed by atoms with van der Waals surface area (Å²) in [6.07, 6.45) is 1.40. The molecule has 2 rings (SSSR count). The average Bonchev–Trinajstić information content (AvgIpc) is 2.47. The summed E-state index contributed by atoms with van der Waals surface area (Å²) in [5.74, 6) is 0. The average molecular weight is 284 g/mol. The first-order valence-corrected chi connectivity index (χ1v) is 7.42. The van der Waals surface area contributed by atoms with Gasteiger partial charge in [-0.15, -0.1) is 0 Å². The van der Waals surface area contributed by atoms with Gasteiger partial charge in [0.05, 0.1) is 11.2 Å². The molecule has 0 unspecified atom stereocenters. The first-order chi connectivity index (χ1) is 8.53. The number of rotatable bonds is 2. The third kappa shape index (κ3) is 2.67. The van der Waals surface area contributed by atoms with Gasteiger partial charge in [-0.25, -0.2) is 18.5 Å². The third-order valence-corrected chi connectivity index (χ3v) is 4.40. The van der Waals surface area contributed by atoms with E-state index in [0.717, 1.165) is 0 Å². The molecule has 0 spiro atoms. The Morgan fingerprint density at radius 2 is 1.68 bits per heavy atom. The molecule has 0 radical (unpaired) electrons. The summed E-state index contributed by atoms with van der Waals surface area (Å²) in [7, 11) is -4.34. The van der Waals surface area contributed by atoms with Crippen LogP contribution in [0.5, 0.6) is 0 Å². The van der Waals surface area contributed by atoms with Crippen molar-refractivity contribution >= 4 is 22.6 Å². The maximum Gasteiger partial charge on any atom is 0.496 e. The molecule has 8 heteroatoms. The second kappa shape index (κ2) is 4.27. The number of sulfonamides is 1. The Bertz CT molecular complexity index is 567. The van der Waals surface area contributed by atoms with E-state index in [0.29, 0.717) is 5.46 Å². The molecule has 6 nitrogen and oxygen atoms in total. The van der Waals surface area contributed by atoms with Crippen LogP contribution in [-0.2, 0) is 19.3 Å². The third-order valence-electron chi connectivity index (χ3n) is 3.58. The molecule has 1 aromatic rings. The Labute approximate surface area is 113 Å². The molecule has 0 bridgehead atoms. The van der Waals surface area contributed by atoms with Gasteiger partial charge in [0.25, 0.3) is 10.0 Å². The fourth-order valence-corrected chi connectivity index (χ4v) is 2.14. The van der Waals surface area contributed by atoms with Gasteiger partial charge in [0, 0.05) is 11.7 Å². The Hall–Kier alpha value is -0.955. The zero-order valence-electron chi connectivity index (χ0n) is 11.4. The summed E-state index contributed by atoms with van der Waals surface area (Å²) in [5.41, 5.74) is -0.238. The predicted molar refractivity (Wildman–Crippen MR) is 71.3 cm³/mol. The first-order valence-electron chi connectivity index (χ1n) is 5.87. The van der Waals surface area contributed by atoms with Gasteiger partial charge >= 0.3 is 7.12 Å². The largest absolute Gasteiger partial charge is 0.496 e. The van der Waals surface area contributed by atoms with E-state index in [4.69, 9.17) is 14.4 Å². The molecule has 2 N–H and O–H groups in total. The van der Waals surface area contributed by atoms with E-state index in [9.17, 15) is 8.42 Å². The van der Waals surface area contributed by atoms with Crippen molar-refractivity contribution < 1.29 is 17.7 Å². The van der Waals surface area contributed by atoms with Crippen LogP contribution in [0.15, 0.2) is 23.4 Å². The van der Waals surface area contributed by atoms with Crippen molar-refractivity contribution in [2.75, 3.05) is 0 Å². The molecule has 19 heavy (non-hydrogen) atoms. The fourth-order valence-electron chi connectivity index (χ4n) is 1.68. The molecule has 0 saturated carbocycles. The molecular formula is C11H17BN2O4S. The van der Waals surface area contributed by atoms with Crippen LogP contribution in [0.2, 0.25) is 0 Å². The monoisotopic (exact) mass is 284 g/mol. The van der Waals surface area contributed by atoms with Crippen LogP contribution in [0, 0.1) is 0 Å². The minimum absolute atomic E-state index is 0.173. The van der Waals surface area contributed by atoms with Gasteiger partial charge in [-0.05, 0) is 33.8 Å². The molecule has 104 valence electrons. The van der Waals surface area contributed by atoms with Crippen molar-refractivity contribution in [3.8, 4) is 0 Å². The molecule has 1 aromatic heterocycles. The Kier molecular flexibility index (Phi) is 3.25. The molecule has 1 aliphatic heterocycles. The lowest BCUT2D eigenvalue weighted by molar-refractivity contribution is 0.00578. The molecule has 0 aliphatic carbocycles. The predicted octanol–water partition coefficient (Wildman–Crippen LogP) is 0.0282. The van der Waals surface area contributed by atoms with E-state index in [-0.39, 0.29) is 5.03 Å². The number of nitrogens with zero attached hydrogens (tertiary/aromatic N) is 1. The van der Waals surface area contributed by atoms with Crippen LogP contribution in [0.1, 0.15) is 27.7 Å². The molecule has 2 heterocycles. The lowest BCUT2D eigenvalue weighted by Crippen LogP contribution is -2.41. The van der Waals surface area contributed by atoms with Gasteiger partial charge in [-0.1, -0.05) is 6.07 Å². The second-order valence-electron chi connectivity index (χ2n) is 5.56. The minimum atomic E-state index is -3.78. The van der Waals surface area contributed by atoms with Crippen LogP contribution in [-0.4, -0.2) is 31.7 Å². The standard InChI is InChI=1S/C11H17BN2O4S/c1-10(2)11(3,4)18-12(17-10)8-5-6-9(14-7-8)19(13,15)16/h5-7H,1-4H3,(H2,13,15,16). The number of aromatic nitrogens is 1. The molecular weight excluding hydrogens is 267 g/mol. The van der Waals surface area contributed by atoms with Gasteiger partial charge in [0.1, 0.15) is 0 Å². The first kappa shape index (κ1) is 14.5. The quantitative estimate of drug-likeness (QED) is 0.773. The SMILES string of the molecule is CC1(C)OB(c2ccc(S(N)(=O)=O)nc2)OC1(C)C. The highest BCUT2D eigenvalue weighted by molar-refractivity contribution is 7.89. The summed E-state index contributed by atoms with van der Waals surface area (Å²) in [6, 6.07) is 2.94. The zero-order chi connectivity index (χ0) is 14.5. The van der Waals surface area contributed by atoms with Crippen LogP contribution in [0.4, 0.5) is 0 Å². The highest BCUT2D eigenvalue weighted by Crippen LogP contribution is 2.36. The maximum absolute atomic E-state index is 11.1. The molecule has 1 aliphatic rings. The van der Waals surface area contributed by atoms with E-state index in [2.05, 4.69) is 4.98 Å². The van der Waals surface area contributed by atoms with Gasteiger partial charge in [-0.2, -0.15) is 0 Å². The van der Waals surface area contributed by atoms with Crippen molar-refractivity contribution in [3.63, 3.8) is 0 Å². The van der Waals surface area contributed by atoms with E-state index >= 15 is 0 Å². The van der Waals surface area contributed by atoms with E-state index < -0.39 is 28.3 Å². The van der Waals surface area contributed by atoms with Crippen LogP contribution >= 0.6 is 0 Å². The number of hydrogen-bond acceptors (Lipinski definition) is 5. The van der Waals surface area contributed by atoms with E-state index in [1.165, 1.54) is 12.3 Å². The smallest absolute Gasteiger partial charge is 0.399 e.